The average molecular weight is 329 g/mol. The minimum Gasteiger partial charge on any atom is -0.264 e. The number of nitrogens with zero attached hydrogens (tertiary/aromatic N) is 3. The van der Waals surface area contributed by atoms with Gasteiger partial charge in [-0.15, -0.1) is 5.10 Å². The number of carbonyl (C=O) groups is 1. The Hall–Kier alpha value is -1.93. The number of rotatable bonds is 4. The first kappa shape index (κ1) is 15.5. The van der Waals surface area contributed by atoms with Gasteiger partial charge in [0.15, 0.2) is 0 Å². The van der Waals surface area contributed by atoms with E-state index in [0.29, 0.717) is 23.0 Å². The van der Waals surface area contributed by atoms with Gasteiger partial charge in [-0.2, -0.15) is 0 Å². The van der Waals surface area contributed by atoms with Crippen molar-refractivity contribution < 1.29 is 13.2 Å². The molecule has 0 spiro atoms. The number of carbonyl (C=O) groups excluding carboxylic acids is 1. The maximum atomic E-state index is 11.8. The third-order valence-corrected chi connectivity index (χ3v) is 3.43. The Labute approximate surface area is 127 Å². The fourth-order valence-corrected chi connectivity index (χ4v) is 2.34. The van der Waals surface area contributed by atoms with Crippen molar-refractivity contribution in [2.24, 2.45) is 0 Å². The first-order chi connectivity index (χ1) is 9.81. The second kappa shape index (κ2) is 5.82. The van der Waals surface area contributed by atoms with E-state index in [-0.39, 0.29) is 5.82 Å². The molecule has 1 amide bonds. The largest absolute Gasteiger partial charge is 0.304 e. The zero-order chi connectivity index (χ0) is 15.6. The standard InChI is InChI=1S/C12H13ClN4O3S/c1-3-10-14-11(12(18)16-21(2,19)20)15-17(10)9-7-5-4-6-8(9)13/h4-7H,3H2,1-2H3,(H,16,18). The summed E-state index contributed by atoms with van der Waals surface area (Å²) in [5, 5.41) is 4.49. The molecule has 1 aromatic carbocycles. The van der Waals surface area contributed by atoms with Gasteiger partial charge in [-0.1, -0.05) is 30.7 Å². The van der Waals surface area contributed by atoms with Gasteiger partial charge in [-0.05, 0) is 12.1 Å². The Morgan fingerprint density at radius 1 is 1.38 bits per heavy atom. The van der Waals surface area contributed by atoms with Gasteiger partial charge >= 0.3 is 5.91 Å². The molecule has 1 N–H and O–H groups in total. The van der Waals surface area contributed by atoms with Gasteiger partial charge in [0.1, 0.15) is 5.82 Å². The van der Waals surface area contributed by atoms with E-state index >= 15 is 0 Å². The summed E-state index contributed by atoms with van der Waals surface area (Å²) < 4.78 is 25.4. The summed E-state index contributed by atoms with van der Waals surface area (Å²) in [5.41, 5.74) is 0.571. The van der Waals surface area contributed by atoms with E-state index in [9.17, 15) is 13.2 Å². The van der Waals surface area contributed by atoms with Crippen molar-refractivity contribution >= 4 is 27.5 Å². The fraction of sp³-hybridized carbons (Fsp3) is 0.250. The lowest BCUT2D eigenvalue weighted by Gasteiger charge is -2.05. The van der Waals surface area contributed by atoms with E-state index in [2.05, 4.69) is 10.1 Å². The molecule has 0 saturated heterocycles. The molecule has 2 aromatic rings. The van der Waals surface area contributed by atoms with Crippen LogP contribution in [0.1, 0.15) is 23.4 Å². The summed E-state index contributed by atoms with van der Waals surface area (Å²) in [6, 6.07) is 6.97. The molecule has 112 valence electrons. The van der Waals surface area contributed by atoms with Crippen LogP contribution in [-0.2, 0) is 16.4 Å². The Kier molecular flexibility index (Phi) is 4.29. The number of nitrogens with one attached hydrogen (secondary N) is 1. The zero-order valence-electron chi connectivity index (χ0n) is 11.4. The van der Waals surface area contributed by atoms with Crippen LogP contribution in [0.15, 0.2) is 24.3 Å². The third-order valence-electron chi connectivity index (χ3n) is 2.55. The van der Waals surface area contributed by atoms with Gasteiger partial charge in [0.2, 0.25) is 15.8 Å². The fourth-order valence-electron chi connectivity index (χ4n) is 1.70. The van der Waals surface area contributed by atoms with Gasteiger partial charge in [0, 0.05) is 6.42 Å². The maximum Gasteiger partial charge on any atom is 0.304 e. The summed E-state index contributed by atoms with van der Waals surface area (Å²) >= 11 is 6.10. The molecular formula is C12H13ClN4O3S. The Morgan fingerprint density at radius 3 is 2.62 bits per heavy atom. The summed E-state index contributed by atoms with van der Waals surface area (Å²) in [5.74, 6) is -0.600. The van der Waals surface area contributed by atoms with Crippen LogP contribution < -0.4 is 4.72 Å². The first-order valence-electron chi connectivity index (χ1n) is 6.04. The molecule has 0 saturated carbocycles. The highest BCUT2D eigenvalue weighted by atomic mass is 35.5. The summed E-state index contributed by atoms with van der Waals surface area (Å²) in [7, 11) is -3.67. The predicted molar refractivity (Wildman–Crippen MR) is 78.1 cm³/mol. The number of para-hydroxylation sites is 1. The molecule has 1 heterocycles. The molecule has 1 aromatic heterocycles. The van der Waals surface area contributed by atoms with E-state index in [4.69, 9.17) is 11.6 Å². The Balaban J connectivity index is 2.46. The molecule has 0 aliphatic rings. The molecule has 0 atom stereocenters. The van der Waals surface area contributed by atoms with Crippen molar-refractivity contribution in [3.63, 3.8) is 0 Å². The van der Waals surface area contributed by atoms with Crippen molar-refractivity contribution in [1.82, 2.24) is 19.5 Å². The molecule has 0 bridgehead atoms. The lowest BCUT2D eigenvalue weighted by molar-refractivity contribution is 0.0971. The van der Waals surface area contributed by atoms with Crippen LogP contribution in [0, 0.1) is 0 Å². The van der Waals surface area contributed by atoms with E-state index in [1.165, 1.54) is 4.68 Å². The highest BCUT2D eigenvalue weighted by Gasteiger charge is 2.20. The molecule has 0 radical (unpaired) electrons. The van der Waals surface area contributed by atoms with Crippen LogP contribution in [0.25, 0.3) is 5.69 Å². The molecule has 0 unspecified atom stereocenters. The van der Waals surface area contributed by atoms with Crippen LogP contribution in [0.3, 0.4) is 0 Å². The number of aryl methyl sites for hydroxylation is 1. The number of aromatic nitrogens is 3. The molecule has 0 aliphatic carbocycles. The van der Waals surface area contributed by atoms with Crippen LogP contribution >= 0.6 is 11.6 Å². The lowest BCUT2D eigenvalue weighted by Crippen LogP contribution is -2.30. The number of halogens is 1. The zero-order valence-corrected chi connectivity index (χ0v) is 12.9. The third kappa shape index (κ3) is 3.59. The van der Waals surface area contributed by atoms with Crippen molar-refractivity contribution in [2.75, 3.05) is 6.26 Å². The van der Waals surface area contributed by atoms with Gasteiger partial charge < -0.3 is 0 Å². The quantitative estimate of drug-likeness (QED) is 0.909. The van der Waals surface area contributed by atoms with E-state index in [1.54, 1.807) is 24.3 Å². The summed E-state index contributed by atoms with van der Waals surface area (Å²) in [6.07, 6.45) is 1.39. The number of hydrogen-bond acceptors (Lipinski definition) is 5. The second-order valence-electron chi connectivity index (χ2n) is 4.27. The van der Waals surface area contributed by atoms with Crippen LogP contribution in [0.5, 0.6) is 0 Å². The normalized spacial score (nSPS) is 11.4. The van der Waals surface area contributed by atoms with Gasteiger partial charge in [-0.3, -0.25) is 4.79 Å². The Morgan fingerprint density at radius 2 is 2.05 bits per heavy atom. The number of sulfonamides is 1. The highest BCUT2D eigenvalue weighted by molar-refractivity contribution is 7.89. The molecular weight excluding hydrogens is 316 g/mol. The molecule has 0 fully saturated rings. The van der Waals surface area contributed by atoms with Gasteiger partial charge in [0.05, 0.1) is 17.0 Å². The van der Waals surface area contributed by atoms with E-state index in [1.807, 2.05) is 11.6 Å². The maximum absolute atomic E-state index is 11.8. The SMILES string of the molecule is CCc1nc(C(=O)NS(C)(=O)=O)nn1-c1ccccc1Cl. The number of benzene rings is 1. The predicted octanol–water partition coefficient (Wildman–Crippen LogP) is 1.17. The minimum atomic E-state index is -3.67. The first-order valence-corrected chi connectivity index (χ1v) is 8.31. The minimum absolute atomic E-state index is 0.225. The molecule has 21 heavy (non-hydrogen) atoms. The van der Waals surface area contributed by atoms with Gasteiger partial charge in [0.25, 0.3) is 0 Å². The van der Waals surface area contributed by atoms with Crippen molar-refractivity contribution in [1.29, 1.82) is 0 Å². The van der Waals surface area contributed by atoms with Crippen LogP contribution in [0.4, 0.5) is 0 Å². The monoisotopic (exact) mass is 328 g/mol. The smallest absolute Gasteiger partial charge is 0.264 e. The van der Waals surface area contributed by atoms with Crippen molar-refractivity contribution in [3.05, 3.63) is 40.9 Å². The lowest BCUT2D eigenvalue weighted by atomic mass is 10.3. The van der Waals surface area contributed by atoms with E-state index < -0.39 is 15.9 Å². The molecule has 9 heteroatoms. The molecule has 0 aliphatic heterocycles. The number of hydrogen-bond donors (Lipinski definition) is 1. The highest BCUT2D eigenvalue weighted by Crippen LogP contribution is 2.20. The Bertz CT molecular complexity index is 786. The topological polar surface area (TPSA) is 93.9 Å². The summed E-state index contributed by atoms with van der Waals surface area (Å²) in [4.78, 5) is 15.8. The van der Waals surface area contributed by atoms with Crippen molar-refractivity contribution in [3.8, 4) is 5.69 Å². The summed E-state index contributed by atoms with van der Waals surface area (Å²) in [6.45, 7) is 1.84. The molecule has 7 nitrogen and oxygen atoms in total. The average Bonchev–Trinajstić information content (AvgIpc) is 2.81. The second-order valence-corrected chi connectivity index (χ2v) is 6.43. The number of amides is 1. The van der Waals surface area contributed by atoms with Crippen LogP contribution in [-0.4, -0.2) is 35.3 Å². The van der Waals surface area contributed by atoms with E-state index in [0.717, 1.165) is 6.26 Å². The molecule has 2 rings (SSSR count). The van der Waals surface area contributed by atoms with Crippen LogP contribution in [0.2, 0.25) is 5.02 Å². The van der Waals surface area contributed by atoms with Gasteiger partial charge in [-0.25, -0.2) is 22.8 Å². The van der Waals surface area contributed by atoms with Crippen molar-refractivity contribution in [2.45, 2.75) is 13.3 Å².